The summed E-state index contributed by atoms with van der Waals surface area (Å²) in [6.45, 7) is 37.0. The molecule has 2 aromatic rings. The molecule has 0 saturated heterocycles. The Bertz CT molecular complexity index is 1090. The lowest BCUT2D eigenvalue weighted by molar-refractivity contribution is -0.0165. The molecule has 0 unspecified atom stereocenters. The summed E-state index contributed by atoms with van der Waals surface area (Å²) in [7, 11) is -6.32. The van der Waals surface area contributed by atoms with Crippen LogP contribution < -0.4 is 0 Å². The van der Waals surface area contributed by atoms with Crippen LogP contribution in [0.5, 0.6) is 0 Å². The first kappa shape index (κ1) is 42.1. The fraction of sp³-hybridized carbons (Fsp3) is 0.692. The number of hydrogen-bond acceptors (Lipinski definition) is 5. The van der Waals surface area contributed by atoms with Crippen molar-refractivity contribution < 1.29 is 22.8 Å². The molecule has 2 aromatic carbocycles. The minimum absolute atomic E-state index is 0.0546. The normalized spacial score (nSPS) is 15.2. The van der Waals surface area contributed by atoms with Crippen LogP contribution in [0.25, 0.3) is 0 Å². The van der Waals surface area contributed by atoms with Crippen molar-refractivity contribution in [2.24, 2.45) is 0 Å². The summed E-state index contributed by atoms with van der Waals surface area (Å²) in [4.78, 5) is 0. The van der Waals surface area contributed by atoms with Gasteiger partial charge in [-0.25, -0.2) is 0 Å². The molecule has 0 saturated carbocycles. The van der Waals surface area contributed by atoms with Crippen molar-refractivity contribution >= 4 is 25.0 Å². The molecule has 0 aromatic heterocycles. The zero-order valence-corrected chi connectivity index (χ0v) is 35.8. The second-order valence-corrected chi connectivity index (χ2v) is 32.2. The first-order valence-corrected chi connectivity index (χ1v) is 26.4. The Labute approximate surface area is 292 Å². The van der Waals surface area contributed by atoms with E-state index in [1.165, 1.54) is 11.1 Å². The van der Waals surface area contributed by atoms with Crippen LogP contribution in [0.3, 0.4) is 0 Å². The molecule has 0 aliphatic carbocycles. The van der Waals surface area contributed by atoms with Gasteiger partial charge in [0.15, 0.2) is 25.0 Å². The summed E-state index contributed by atoms with van der Waals surface area (Å²) in [6.07, 6.45) is 1.27. The van der Waals surface area contributed by atoms with E-state index in [0.29, 0.717) is 26.4 Å². The van der Waals surface area contributed by atoms with Crippen LogP contribution in [-0.4, -0.2) is 56.5 Å². The third kappa shape index (κ3) is 14.0. The molecule has 2 atom stereocenters. The van der Waals surface area contributed by atoms with Gasteiger partial charge in [-0.2, -0.15) is 0 Å². The summed E-state index contributed by atoms with van der Waals surface area (Å²) in [5.74, 6) is 0. The third-order valence-corrected chi connectivity index (χ3v) is 24.3. The smallest absolute Gasteiger partial charge is 0.192 e. The van der Waals surface area contributed by atoms with E-state index in [2.05, 4.69) is 150 Å². The van der Waals surface area contributed by atoms with Crippen LogP contribution in [0, 0.1) is 0 Å². The Morgan fingerprint density at radius 2 is 0.723 bits per heavy atom. The highest BCUT2D eigenvalue weighted by Gasteiger charge is 2.44. The highest BCUT2D eigenvalue weighted by molar-refractivity contribution is 6.75. The van der Waals surface area contributed by atoms with Crippen LogP contribution in [0.15, 0.2) is 60.7 Å². The molecule has 0 radical (unpaired) electrons. The molecular formula is C39H70O5Si3. The second kappa shape index (κ2) is 17.2. The average molecular weight is 703 g/mol. The Hall–Kier alpha value is -1.11. The van der Waals surface area contributed by atoms with Crippen molar-refractivity contribution in [3.8, 4) is 0 Å². The molecule has 2 rings (SSSR count). The van der Waals surface area contributed by atoms with Crippen LogP contribution >= 0.6 is 0 Å². The summed E-state index contributed by atoms with van der Waals surface area (Å²) < 4.78 is 34.3. The molecule has 0 fully saturated rings. The van der Waals surface area contributed by atoms with E-state index >= 15 is 0 Å². The third-order valence-electron chi connectivity index (χ3n) is 10.7. The second-order valence-electron chi connectivity index (χ2n) is 18.0. The van der Waals surface area contributed by atoms with Crippen molar-refractivity contribution in [1.29, 1.82) is 0 Å². The lowest BCUT2D eigenvalue weighted by Gasteiger charge is -2.44. The SMILES string of the molecule is CC(C)(C)[Si](C)(C)OC(C[C@H](COCc1ccccc1)O[Si](C)(C)C(C)(C)C)C[C@H](COCc1ccccc1)O[Si](C)(C)C(C)(C)C. The molecule has 0 amide bonds. The predicted molar refractivity (Wildman–Crippen MR) is 208 cm³/mol. The molecule has 0 aliphatic rings. The van der Waals surface area contributed by atoms with E-state index in [9.17, 15) is 0 Å². The monoisotopic (exact) mass is 702 g/mol. The zero-order valence-electron chi connectivity index (χ0n) is 32.8. The quantitative estimate of drug-likeness (QED) is 0.145. The maximum Gasteiger partial charge on any atom is 0.192 e. The Balaban J connectivity index is 2.42. The van der Waals surface area contributed by atoms with Crippen LogP contribution in [0.4, 0.5) is 0 Å². The molecule has 268 valence electrons. The highest BCUT2D eigenvalue weighted by Crippen LogP contribution is 2.42. The van der Waals surface area contributed by atoms with Crippen LogP contribution in [0.2, 0.25) is 54.4 Å². The van der Waals surface area contributed by atoms with E-state index in [-0.39, 0.29) is 33.4 Å². The van der Waals surface area contributed by atoms with Crippen molar-refractivity contribution in [3.63, 3.8) is 0 Å². The van der Waals surface area contributed by atoms with Crippen LogP contribution in [-0.2, 0) is 36.0 Å². The molecule has 0 aliphatic heterocycles. The van der Waals surface area contributed by atoms with E-state index < -0.39 is 25.0 Å². The maximum absolute atomic E-state index is 7.29. The fourth-order valence-electron chi connectivity index (χ4n) is 4.62. The van der Waals surface area contributed by atoms with Crippen LogP contribution in [0.1, 0.15) is 86.3 Å². The molecule has 0 heterocycles. The van der Waals surface area contributed by atoms with E-state index in [4.69, 9.17) is 22.8 Å². The van der Waals surface area contributed by atoms with Gasteiger partial charge in [0.1, 0.15) is 0 Å². The van der Waals surface area contributed by atoms with Crippen molar-refractivity contribution in [1.82, 2.24) is 0 Å². The summed E-state index contributed by atoms with van der Waals surface area (Å²) in [5, 5.41) is 0.240. The van der Waals surface area contributed by atoms with Gasteiger partial charge >= 0.3 is 0 Å². The van der Waals surface area contributed by atoms with Gasteiger partial charge in [0, 0.05) is 0 Å². The van der Waals surface area contributed by atoms with E-state index in [0.717, 1.165) is 12.8 Å². The highest BCUT2D eigenvalue weighted by atomic mass is 28.4. The van der Waals surface area contributed by atoms with Gasteiger partial charge in [0.05, 0.1) is 44.7 Å². The first-order chi connectivity index (χ1) is 21.4. The standard InChI is InChI=1S/C39H70O5Si3/c1-37(2,3)45(10,11)42-34(26-35(43-46(12,13)38(4,5)6)30-40-28-32-22-18-16-19-23-32)27-36(44-47(14,15)39(7,8)9)31-41-29-33-24-20-17-21-25-33/h16-25,34-36H,26-31H2,1-15H3/t35-,36-/m1/s1. The molecule has 8 heteroatoms. The van der Waals surface area contributed by atoms with E-state index in [1.807, 2.05) is 12.1 Å². The Kier molecular flexibility index (Phi) is 15.4. The van der Waals surface area contributed by atoms with Crippen molar-refractivity contribution in [2.45, 2.75) is 161 Å². The largest absolute Gasteiger partial charge is 0.414 e. The van der Waals surface area contributed by atoms with Gasteiger partial charge in [0.2, 0.25) is 0 Å². The van der Waals surface area contributed by atoms with Gasteiger partial charge < -0.3 is 22.8 Å². The van der Waals surface area contributed by atoms with Gasteiger partial charge in [-0.15, -0.1) is 0 Å². The lowest BCUT2D eigenvalue weighted by Crippen LogP contribution is -2.50. The van der Waals surface area contributed by atoms with E-state index in [1.54, 1.807) is 0 Å². The topological polar surface area (TPSA) is 46.2 Å². The summed E-state index contributed by atoms with van der Waals surface area (Å²) in [6, 6.07) is 20.8. The molecular weight excluding hydrogens is 633 g/mol. The molecule has 0 bridgehead atoms. The minimum Gasteiger partial charge on any atom is -0.414 e. The number of hydrogen-bond donors (Lipinski definition) is 0. The molecule has 47 heavy (non-hydrogen) atoms. The predicted octanol–water partition coefficient (Wildman–Crippen LogP) is 11.4. The molecule has 0 spiro atoms. The summed E-state index contributed by atoms with van der Waals surface area (Å²) >= 11 is 0. The number of ether oxygens (including phenoxy) is 2. The van der Waals surface area contributed by atoms with Gasteiger partial charge in [-0.05, 0) is 78.4 Å². The fourth-order valence-corrected chi connectivity index (χ4v) is 8.71. The average Bonchev–Trinajstić information content (AvgIpc) is 2.91. The summed E-state index contributed by atoms with van der Waals surface area (Å²) in [5.41, 5.74) is 2.34. The number of benzene rings is 2. The van der Waals surface area contributed by atoms with Gasteiger partial charge in [-0.1, -0.05) is 123 Å². The Morgan fingerprint density at radius 1 is 0.447 bits per heavy atom. The first-order valence-electron chi connectivity index (χ1n) is 17.7. The Morgan fingerprint density at radius 3 is 1.00 bits per heavy atom. The van der Waals surface area contributed by atoms with Crippen molar-refractivity contribution in [3.05, 3.63) is 71.8 Å². The molecule has 0 N–H and O–H groups in total. The number of rotatable bonds is 18. The lowest BCUT2D eigenvalue weighted by atomic mass is 10.1. The zero-order chi connectivity index (χ0) is 35.7. The minimum atomic E-state index is -2.13. The van der Waals surface area contributed by atoms with Crippen molar-refractivity contribution in [2.75, 3.05) is 13.2 Å². The molecule has 5 nitrogen and oxygen atoms in total. The van der Waals surface area contributed by atoms with Gasteiger partial charge in [0.25, 0.3) is 0 Å². The maximum atomic E-state index is 7.29. The van der Waals surface area contributed by atoms with Gasteiger partial charge in [-0.3, -0.25) is 0 Å².